The third-order valence-corrected chi connectivity index (χ3v) is 6.22. The van der Waals surface area contributed by atoms with Crippen LogP contribution >= 0.6 is 33.9 Å². The van der Waals surface area contributed by atoms with Gasteiger partial charge in [-0.15, -0.1) is 11.3 Å². The number of halogens is 1. The Morgan fingerprint density at radius 2 is 1.95 bits per heavy atom. The smallest absolute Gasteiger partial charge is 0.252 e. The largest absolute Gasteiger partial charge is 0.352 e. The first kappa shape index (κ1) is 16.4. The van der Waals surface area contributed by atoms with Crippen molar-refractivity contribution >= 4 is 49.9 Å². The van der Waals surface area contributed by atoms with Crippen LogP contribution in [0.1, 0.15) is 15.2 Å². The molecule has 0 aliphatic rings. The highest BCUT2D eigenvalue weighted by molar-refractivity contribution is 14.1. The number of hydrogen-bond donors (Lipinski definition) is 2. The molecule has 1 aromatic heterocycles. The summed E-state index contributed by atoms with van der Waals surface area (Å²) in [6, 6.07) is 10.5. The van der Waals surface area contributed by atoms with Gasteiger partial charge in [0.1, 0.15) is 4.21 Å². The number of benzene rings is 1. The molecule has 0 saturated carbocycles. The third kappa shape index (κ3) is 4.50. The fourth-order valence-corrected chi connectivity index (χ4v) is 4.10. The van der Waals surface area contributed by atoms with Gasteiger partial charge in [-0.25, -0.2) is 13.6 Å². The number of carbonyl (C=O) groups is 1. The predicted molar refractivity (Wildman–Crippen MR) is 90.9 cm³/mol. The molecule has 112 valence electrons. The Bertz CT molecular complexity index is 756. The Morgan fingerprint density at radius 1 is 1.24 bits per heavy atom. The van der Waals surface area contributed by atoms with Crippen LogP contribution in [-0.2, 0) is 16.4 Å². The van der Waals surface area contributed by atoms with Gasteiger partial charge in [-0.05, 0) is 53.3 Å². The van der Waals surface area contributed by atoms with Gasteiger partial charge in [0.05, 0.1) is 5.56 Å². The highest BCUT2D eigenvalue weighted by Crippen LogP contribution is 2.20. The van der Waals surface area contributed by atoms with Crippen LogP contribution < -0.4 is 10.5 Å². The van der Waals surface area contributed by atoms with E-state index in [1.165, 1.54) is 6.07 Å². The molecule has 5 nitrogen and oxygen atoms in total. The highest BCUT2D eigenvalue weighted by Gasteiger charge is 2.12. The molecular weight excluding hydrogens is 423 g/mol. The number of thiophene rings is 1. The van der Waals surface area contributed by atoms with E-state index in [9.17, 15) is 13.2 Å². The summed E-state index contributed by atoms with van der Waals surface area (Å²) in [6.45, 7) is 0.439. The lowest BCUT2D eigenvalue weighted by atomic mass is 10.2. The molecule has 0 saturated heterocycles. The number of hydrogen-bond acceptors (Lipinski definition) is 4. The summed E-state index contributed by atoms with van der Waals surface area (Å²) in [6.07, 6.45) is 0.565. The summed E-state index contributed by atoms with van der Waals surface area (Å²) in [7, 11) is -3.64. The van der Waals surface area contributed by atoms with Crippen molar-refractivity contribution < 1.29 is 13.2 Å². The Morgan fingerprint density at radius 3 is 2.57 bits per heavy atom. The van der Waals surface area contributed by atoms with Crippen LogP contribution in [0.2, 0.25) is 0 Å². The average Bonchev–Trinajstić information content (AvgIpc) is 2.88. The number of carbonyl (C=O) groups excluding carboxylic acids is 1. The van der Waals surface area contributed by atoms with Gasteiger partial charge >= 0.3 is 0 Å². The van der Waals surface area contributed by atoms with E-state index in [2.05, 4.69) is 27.9 Å². The lowest BCUT2D eigenvalue weighted by Crippen LogP contribution is -2.26. The molecule has 1 aromatic carbocycles. The molecule has 2 aromatic rings. The zero-order valence-corrected chi connectivity index (χ0v) is 14.7. The molecule has 1 amide bonds. The Hall–Kier alpha value is -0.970. The molecular formula is C13H13IN2O3S2. The SMILES string of the molecule is NS(=O)(=O)c1ccc(CCNC(=O)c2ccccc2I)s1. The van der Waals surface area contributed by atoms with E-state index < -0.39 is 10.0 Å². The van der Waals surface area contributed by atoms with Crippen molar-refractivity contribution in [3.05, 3.63) is 50.4 Å². The molecule has 0 aliphatic carbocycles. The van der Waals surface area contributed by atoms with E-state index in [4.69, 9.17) is 5.14 Å². The number of rotatable bonds is 5. The first-order chi connectivity index (χ1) is 9.88. The van der Waals surface area contributed by atoms with E-state index in [0.717, 1.165) is 19.8 Å². The number of nitrogens with one attached hydrogen (secondary N) is 1. The van der Waals surface area contributed by atoms with Crippen LogP contribution in [0.4, 0.5) is 0 Å². The fraction of sp³-hybridized carbons (Fsp3) is 0.154. The number of nitrogens with two attached hydrogens (primary N) is 1. The molecule has 21 heavy (non-hydrogen) atoms. The van der Waals surface area contributed by atoms with E-state index in [0.29, 0.717) is 18.5 Å². The highest BCUT2D eigenvalue weighted by atomic mass is 127. The summed E-state index contributed by atoms with van der Waals surface area (Å²) in [4.78, 5) is 12.9. The molecule has 0 fully saturated rings. The van der Waals surface area contributed by atoms with Crippen LogP contribution in [0.3, 0.4) is 0 Å². The molecule has 0 unspecified atom stereocenters. The minimum Gasteiger partial charge on any atom is -0.352 e. The van der Waals surface area contributed by atoms with Gasteiger partial charge in [-0.1, -0.05) is 12.1 Å². The summed E-state index contributed by atoms with van der Waals surface area (Å²) < 4.78 is 23.4. The van der Waals surface area contributed by atoms with Crippen LogP contribution in [0, 0.1) is 3.57 Å². The summed E-state index contributed by atoms with van der Waals surface area (Å²) in [5.41, 5.74) is 0.634. The second-order valence-electron chi connectivity index (χ2n) is 4.25. The van der Waals surface area contributed by atoms with Gasteiger partial charge in [-0.2, -0.15) is 0 Å². The Labute approximate surface area is 140 Å². The second kappa shape index (κ2) is 6.86. The van der Waals surface area contributed by atoms with Crippen molar-refractivity contribution in [1.82, 2.24) is 5.32 Å². The van der Waals surface area contributed by atoms with Crippen molar-refractivity contribution in [2.24, 2.45) is 5.14 Å². The number of primary sulfonamides is 1. The number of amides is 1. The van der Waals surface area contributed by atoms with Gasteiger partial charge in [-0.3, -0.25) is 4.79 Å². The predicted octanol–water partition coefficient (Wildman–Crippen LogP) is 1.97. The maximum atomic E-state index is 12.0. The molecule has 2 rings (SSSR count). The van der Waals surface area contributed by atoms with Crippen molar-refractivity contribution in [2.75, 3.05) is 6.54 Å². The zero-order chi connectivity index (χ0) is 15.5. The summed E-state index contributed by atoms with van der Waals surface area (Å²) >= 11 is 3.24. The minimum absolute atomic E-state index is 0.136. The molecule has 0 aliphatic heterocycles. The minimum atomic E-state index is -3.64. The lowest BCUT2D eigenvalue weighted by molar-refractivity contribution is 0.0953. The Kier molecular flexibility index (Phi) is 5.36. The third-order valence-electron chi connectivity index (χ3n) is 2.69. The molecule has 3 N–H and O–H groups in total. The van der Waals surface area contributed by atoms with Crippen LogP contribution in [0.15, 0.2) is 40.6 Å². The van der Waals surface area contributed by atoms with Gasteiger partial charge in [0.25, 0.3) is 5.91 Å². The molecule has 8 heteroatoms. The monoisotopic (exact) mass is 436 g/mol. The van der Waals surface area contributed by atoms with Crippen LogP contribution in [0.25, 0.3) is 0 Å². The van der Waals surface area contributed by atoms with Crippen molar-refractivity contribution in [3.8, 4) is 0 Å². The second-order valence-corrected chi connectivity index (χ2v) is 8.37. The van der Waals surface area contributed by atoms with Crippen LogP contribution in [0.5, 0.6) is 0 Å². The lowest BCUT2D eigenvalue weighted by Gasteiger charge is -2.05. The first-order valence-corrected chi connectivity index (χ1v) is 9.46. The molecule has 0 spiro atoms. The van der Waals surface area contributed by atoms with Crippen molar-refractivity contribution in [1.29, 1.82) is 0 Å². The van der Waals surface area contributed by atoms with Gasteiger partial charge in [0.15, 0.2) is 0 Å². The standard InChI is InChI=1S/C13H13IN2O3S2/c14-11-4-2-1-3-10(11)13(17)16-8-7-9-5-6-12(20-9)21(15,18)19/h1-6H,7-8H2,(H,16,17)(H2,15,18,19). The van der Waals surface area contributed by atoms with Gasteiger partial charge in [0, 0.05) is 15.0 Å². The molecule has 0 radical (unpaired) electrons. The van der Waals surface area contributed by atoms with Gasteiger partial charge in [0.2, 0.25) is 10.0 Å². The molecule has 0 atom stereocenters. The number of sulfonamides is 1. The molecule has 1 heterocycles. The topological polar surface area (TPSA) is 89.3 Å². The summed E-state index contributed by atoms with van der Waals surface area (Å²) in [5, 5.41) is 7.87. The van der Waals surface area contributed by atoms with E-state index in [-0.39, 0.29) is 10.1 Å². The van der Waals surface area contributed by atoms with E-state index in [1.54, 1.807) is 12.1 Å². The quantitative estimate of drug-likeness (QED) is 0.703. The maximum absolute atomic E-state index is 12.0. The molecule has 0 bridgehead atoms. The first-order valence-electron chi connectivity index (χ1n) is 6.02. The normalized spacial score (nSPS) is 11.3. The van der Waals surface area contributed by atoms with E-state index >= 15 is 0 Å². The fourth-order valence-electron chi connectivity index (χ4n) is 1.69. The summed E-state index contributed by atoms with van der Waals surface area (Å²) in [5.74, 6) is -0.136. The zero-order valence-electron chi connectivity index (χ0n) is 10.9. The van der Waals surface area contributed by atoms with E-state index in [1.807, 2.05) is 18.2 Å². The van der Waals surface area contributed by atoms with Crippen molar-refractivity contribution in [3.63, 3.8) is 0 Å². The maximum Gasteiger partial charge on any atom is 0.252 e. The van der Waals surface area contributed by atoms with Crippen LogP contribution in [-0.4, -0.2) is 20.9 Å². The van der Waals surface area contributed by atoms with Crippen molar-refractivity contribution in [2.45, 2.75) is 10.6 Å². The Balaban J connectivity index is 1.92. The average molecular weight is 436 g/mol. The van der Waals surface area contributed by atoms with Gasteiger partial charge < -0.3 is 5.32 Å².